The first kappa shape index (κ1) is 20.5. The minimum Gasteiger partial charge on any atom is -0.353 e. The van der Waals surface area contributed by atoms with Crippen molar-refractivity contribution in [3.63, 3.8) is 0 Å². The van der Waals surface area contributed by atoms with Gasteiger partial charge in [-0.05, 0) is 42.8 Å². The number of likely N-dealkylation sites (tertiary alicyclic amines) is 1. The molecule has 3 unspecified atom stereocenters. The lowest BCUT2D eigenvalue weighted by atomic mass is 10.0. The maximum atomic E-state index is 12.8. The highest BCUT2D eigenvalue weighted by molar-refractivity contribution is 7.10. The smallest absolute Gasteiger partial charge is 0.239 e. The van der Waals surface area contributed by atoms with Crippen LogP contribution in [0.2, 0.25) is 0 Å². The Labute approximate surface area is 179 Å². The molecule has 2 saturated heterocycles. The largest absolute Gasteiger partial charge is 0.353 e. The Hall–Kier alpha value is -1.74. The molecule has 3 atom stereocenters. The van der Waals surface area contributed by atoms with E-state index in [2.05, 4.69) is 45.0 Å². The molecule has 2 fully saturated rings. The van der Waals surface area contributed by atoms with Crippen molar-refractivity contribution >= 4 is 34.5 Å². The molecule has 4 heterocycles. The van der Waals surface area contributed by atoms with Gasteiger partial charge in [0, 0.05) is 47.9 Å². The SMILES string of the molecule is CN1C(CCC(=O)NCc2cccs2)CNC(=O)C2C1CCN2Cc1cccs1. The van der Waals surface area contributed by atoms with E-state index in [1.807, 2.05) is 17.5 Å². The summed E-state index contributed by atoms with van der Waals surface area (Å²) < 4.78 is 0. The predicted molar refractivity (Wildman–Crippen MR) is 117 cm³/mol. The summed E-state index contributed by atoms with van der Waals surface area (Å²) in [5.74, 6) is 0.199. The lowest BCUT2D eigenvalue weighted by molar-refractivity contribution is -0.126. The van der Waals surface area contributed by atoms with Gasteiger partial charge in [0.2, 0.25) is 11.8 Å². The average Bonchev–Trinajstić information content (AvgIpc) is 3.47. The standard InChI is InChI=1S/C21H28N4O2S2/c1-24-15(6-7-19(26)22-13-16-4-2-10-28-16)12-23-21(27)20-18(24)8-9-25(20)14-17-5-3-11-29-17/h2-5,10-11,15,18,20H,6-9,12-14H2,1H3,(H,22,26)(H,23,27). The normalized spacial score (nSPS) is 25.4. The first-order valence-corrected chi connectivity index (χ1v) is 11.9. The molecule has 29 heavy (non-hydrogen) atoms. The molecule has 0 bridgehead atoms. The van der Waals surface area contributed by atoms with E-state index < -0.39 is 0 Å². The number of hydrogen-bond donors (Lipinski definition) is 2. The van der Waals surface area contributed by atoms with E-state index in [0.29, 0.717) is 19.5 Å². The third-order valence-corrected chi connectivity index (χ3v) is 7.77. The van der Waals surface area contributed by atoms with Crippen molar-refractivity contribution in [2.24, 2.45) is 0 Å². The lowest BCUT2D eigenvalue weighted by Gasteiger charge is -2.33. The van der Waals surface area contributed by atoms with Gasteiger partial charge in [0.25, 0.3) is 0 Å². The van der Waals surface area contributed by atoms with Gasteiger partial charge in [0.15, 0.2) is 0 Å². The molecule has 2 aromatic heterocycles. The van der Waals surface area contributed by atoms with Crippen LogP contribution in [0.3, 0.4) is 0 Å². The molecule has 0 spiro atoms. The van der Waals surface area contributed by atoms with Crippen LogP contribution in [0.25, 0.3) is 0 Å². The fraction of sp³-hybridized carbons (Fsp3) is 0.524. The second-order valence-electron chi connectivity index (χ2n) is 7.81. The Morgan fingerprint density at radius 3 is 2.72 bits per heavy atom. The van der Waals surface area contributed by atoms with Gasteiger partial charge in [-0.1, -0.05) is 12.1 Å². The highest BCUT2D eigenvalue weighted by Crippen LogP contribution is 2.29. The molecule has 2 aliphatic heterocycles. The predicted octanol–water partition coefficient (Wildman–Crippen LogP) is 2.28. The number of nitrogens with one attached hydrogen (secondary N) is 2. The molecule has 8 heteroatoms. The van der Waals surface area contributed by atoms with E-state index in [0.717, 1.165) is 30.8 Å². The minimum atomic E-state index is -0.111. The molecule has 2 N–H and O–H groups in total. The van der Waals surface area contributed by atoms with E-state index in [1.54, 1.807) is 22.7 Å². The molecule has 2 aromatic rings. The second-order valence-corrected chi connectivity index (χ2v) is 9.87. The molecule has 2 amide bonds. The van der Waals surface area contributed by atoms with Crippen LogP contribution in [0, 0.1) is 0 Å². The van der Waals surface area contributed by atoms with Crippen LogP contribution in [-0.2, 0) is 22.7 Å². The van der Waals surface area contributed by atoms with Crippen LogP contribution >= 0.6 is 22.7 Å². The van der Waals surface area contributed by atoms with Gasteiger partial charge in [-0.15, -0.1) is 22.7 Å². The molecular formula is C21H28N4O2S2. The number of nitrogens with zero attached hydrogens (tertiary/aromatic N) is 2. The van der Waals surface area contributed by atoms with Gasteiger partial charge in [0.05, 0.1) is 6.54 Å². The Kier molecular flexibility index (Phi) is 6.64. The number of likely N-dealkylation sites (N-methyl/N-ethyl adjacent to an activating group) is 1. The summed E-state index contributed by atoms with van der Waals surface area (Å²) in [6.45, 7) is 2.96. The van der Waals surface area contributed by atoms with Crippen LogP contribution in [0.1, 0.15) is 29.0 Å². The van der Waals surface area contributed by atoms with Crippen molar-refractivity contribution in [2.75, 3.05) is 20.1 Å². The van der Waals surface area contributed by atoms with Gasteiger partial charge >= 0.3 is 0 Å². The highest BCUT2D eigenvalue weighted by atomic mass is 32.1. The Balaban J connectivity index is 1.32. The van der Waals surface area contributed by atoms with E-state index in [4.69, 9.17) is 0 Å². The van der Waals surface area contributed by atoms with E-state index >= 15 is 0 Å². The van der Waals surface area contributed by atoms with E-state index in [9.17, 15) is 9.59 Å². The molecule has 0 aromatic carbocycles. The zero-order chi connectivity index (χ0) is 20.2. The molecule has 4 rings (SSSR count). The first-order valence-electron chi connectivity index (χ1n) is 10.2. The third kappa shape index (κ3) is 4.88. The zero-order valence-electron chi connectivity index (χ0n) is 16.7. The quantitative estimate of drug-likeness (QED) is 0.705. The van der Waals surface area contributed by atoms with Gasteiger partial charge in [-0.3, -0.25) is 19.4 Å². The Bertz CT molecular complexity index is 809. The van der Waals surface area contributed by atoms with E-state index in [-0.39, 0.29) is 29.9 Å². The summed E-state index contributed by atoms with van der Waals surface area (Å²) in [5, 5.41) is 10.2. The van der Waals surface area contributed by atoms with Crippen molar-refractivity contribution in [2.45, 2.75) is 50.5 Å². The Morgan fingerprint density at radius 1 is 1.24 bits per heavy atom. The third-order valence-electron chi connectivity index (χ3n) is 6.03. The topological polar surface area (TPSA) is 64.7 Å². The van der Waals surface area contributed by atoms with Crippen LogP contribution in [0.5, 0.6) is 0 Å². The molecule has 6 nitrogen and oxygen atoms in total. The first-order chi connectivity index (χ1) is 14.1. The maximum absolute atomic E-state index is 12.8. The van der Waals surface area contributed by atoms with Gasteiger partial charge < -0.3 is 10.6 Å². The summed E-state index contributed by atoms with van der Waals surface area (Å²) in [6, 6.07) is 8.50. The van der Waals surface area contributed by atoms with Crippen molar-refractivity contribution in [1.82, 2.24) is 20.4 Å². The number of carbonyl (C=O) groups is 2. The molecular weight excluding hydrogens is 404 g/mol. The second kappa shape index (κ2) is 9.38. The van der Waals surface area contributed by atoms with Gasteiger partial charge in [-0.25, -0.2) is 0 Å². The summed E-state index contributed by atoms with van der Waals surface area (Å²) >= 11 is 3.39. The molecule has 0 radical (unpaired) electrons. The fourth-order valence-corrected chi connectivity index (χ4v) is 5.79. The van der Waals surface area contributed by atoms with Crippen LogP contribution in [0.15, 0.2) is 35.0 Å². The average molecular weight is 433 g/mol. The number of rotatable bonds is 7. The summed E-state index contributed by atoms with van der Waals surface area (Å²) in [6.07, 6.45) is 2.22. The van der Waals surface area contributed by atoms with Crippen molar-refractivity contribution in [3.05, 3.63) is 44.8 Å². The minimum absolute atomic E-state index is 0.0738. The number of thiophene rings is 2. The number of carbonyl (C=O) groups excluding carboxylic acids is 2. The maximum Gasteiger partial charge on any atom is 0.239 e. The summed E-state index contributed by atoms with van der Waals surface area (Å²) in [4.78, 5) is 32.2. The van der Waals surface area contributed by atoms with Gasteiger partial charge in [0.1, 0.15) is 6.04 Å². The molecule has 156 valence electrons. The van der Waals surface area contributed by atoms with Crippen LogP contribution < -0.4 is 10.6 Å². The van der Waals surface area contributed by atoms with Crippen molar-refractivity contribution in [3.8, 4) is 0 Å². The number of amides is 2. The van der Waals surface area contributed by atoms with Crippen molar-refractivity contribution < 1.29 is 9.59 Å². The fourth-order valence-electron chi connectivity index (χ4n) is 4.41. The van der Waals surface area contributed by atoms with E-state index in [1.165, 1.54) is 4.88 Å². The molecule has 0 aliphatic carbocycles. The number of hydrogen-bond acceptors (Lipinski definition) is 6. The van der Waals surface area contributed by atoms with Crippen LogP contribution in [-0.4, -0.2) is 59.9 Å². The Morgan fingerprint density at radius 2 is 2.00 bits per heavy atom. The van der Waals surface area contributed by atoms with Gasteiger partial charge in [-0.2, -0.15) is 0 Å². The monoisotopic (exact) mass is 432 g/mol. The van der Waals surface area contributed by atoms with Crippen molar-refractivity contribution in [1.29, 1.82) is 0 Å². The zero-order valence-corrected chi connectivity index (χ0v) is 18.3. The number of fused-ring (bicyclic) bond motifs is 1. The summed E-state index contributed by atoms with van der Waals surface area (Å²) in [7, 11) is 2.11. The molecule has 0 saturated carbocycles. The van der Waals surface area contributed by atoms with Crippen LogP contribution in [0.4, 0.5) is 0 Å². The summed E-state index contributed by atoms with van der Waals surface area (Å²) in [5.41, 5.74) is 0. The highest BCUT2D eigenvalue weighted by Gasteiger charge is 2.44. The molecule has 2 aliphatic rings. The lowest BCUT2D eigenvalue weighted by Crippen LogP contribution is -2.49.